The quantitative estimate of drug-likeness (QED) is 0.197. The second-order valence-electron chi connectivity index (χ2n) is 8.02. The Morgan fingerprint density at radius 3 is 2.27 bits per heavy atom. The molecule has 1 aromatic heterocycles. The SMILES string of the molecule is Cc1ccccc1NC(=O)CSc1ccc(NC(=O)/C(=C/c2ccco2)NC(=O)c2ccccc2)cc1. The topological polar surface area (TPSA) is 100 Å². The molecular formula is C29H25N3O4S. The average molecular weight is 512 g/mol. The third-order valence-electron chi connectivity index (χ3n) is 5.26. The predicted octanol–water partition coefficient (Wildman–Crippen LogP) is 5.73. The van der Waals surface area contributed by atoms with Crippen molar-refractivity contribution < 1.29 is 18.8 Å². The smallest absolute Gasteiger partial charge is 0.272 e. The van der Waals surface area contributed by atoms with E-state index in [-0.39, 0.29) is 17.4 Å². The summed E-state index contributed by atoms with van der Waals surface area (Å²) < 4.78 is 5.31. The van der Waals surface area contributed by atoms with Gasteiger partial charge in [0.25, 0.3) is 11.8 Å². The maximum atomic E-state index is 13.0. The van der Waals surface area contributed by atoms with E-state index in [2.05, 4.69) is 16.0 Å². The highest BCUT2D eigenvalue weighted by molar-refractivity contribution is 8.00. The Morgan fingerprint density at radius 2 is 1.57 bits per heavy atom. The first kappa shape index (κ1) is 25.5. The van der Waals surface area contributed by atoms with Crippen LogP contribution in [0.5, 0.6) is 0 Å². The summed E-state index contributed by atoms with van der Waals surface area (Å²) in [5.41, 5.74) is 2.80. The number of nitrogens with one attached hydrogen (secondary N) is 3. The maximum Gasteiger partial charge on any atom is 0.272 e. The number of benzene rings is 3. The first-order valence-corrected chi connectivity index (χ1v) is 12.5. The van der Waals surface area contributed by atoms with Crippen LogP contribution in [0, 0.1) is 6.92 Å². The fourth-order valence-corrected chi connectivity index (χ4v) is 4.04. The van der Waals surface area contributed by atoms with E-state index < -0.39 is 11.8 Å². The molecule has 0 radical (unpaired) electrons. The molecule has 0 fully saturated rings. The number of carbonyl (C=O) groups excluding carboxylic acids is 3. The lowest BCUT2D eigenvalue weighted by Crippen LogP contribution is -2.30. The Hall–Kier alpha value is -4.56. The van der Waals surface area contributed by atoms with Crippen LogP contribution in [0.2, 0.25) is 0 Å². The molecule has 3 amide bonds. The number of thioether (sulfide) groups is 1. The normalized spacial score (nSPS) is 11.0. The van der Waals surface area contributed by atoms with Crippen molar-refractivity contribution in [2.24, 2.45) is 0 Å². The van der Waals surface area contributed by atoms with Gasteiger partial charge in [-0.3, -0.25) is 14.4 Å². The molecule has 0 aliphatic rings. The number of para-hydroxylation sites is 1. The zero-order valence-corrected chi connectivity index (χ0v) is 20.9. The molecule has 0 aliphatic heterocycles. The highest BCUT2D eigenvalue weighted by Crippen LogP contribution is 2.22. The van der Waals surface area contributed by atoms with E-state index in [1.807, 2.05) is 49.4 Å². The molecule has 3 aromatic carbocycles. The molecule has 0 saturated carbocycles. The van der Waals surface area contributed by atoms with Crippen molar-refractivity contribution in [2.75, 3.05) is 16.4 Å². The van der Waals surface area contributed by atoms with Crippen molar-refractivity contribution in [3.8, 4) is 0 Å². The van der Waals surface area contributed by atoms with Gasteiger partial charge in [-0.25, -0.2) is 0 Å². The minimum Gasteiger partial charge on any atom is -0.465 e. The molecule has 0 spiro atoms. The van der Waals surface area contributed by atoms with Crippen LogP contribution in [-0.2, 0) is 9.59 Å². The molecule has 0 atom stereocenters. The fourth-order valence-electron chi connectivity index (χ4n) is 3.34. The Bertz CT molecular complexity index is 1400. The third-order valence-corrected chi connectivity index (χ3v) is 6.27. The summed E-state index contributed by atoms with van der Waals surface area (Å²) in [6, 6.07) is 26.7. The molecule has 186 valence electrons. The molecule has 4 rings (SSSR count). The van der Waals surface area contributed by atoms with Gasteiger partial charge in [0.15, 0.2) is 0 Å². The molecule has 0 saturated heterocycles. The second kappa shape index (κ2) is 12.4. The first-order chi connectivity index (χ1) is 18.0. The molecule has 1 heterocycles. The molecule has 8 heteroatoms. The summed E-state index contributed by atoms with van der Waals surface area (Å²) in [7, 11) is 0. The van der Waals surface area contributed by atoms with Crippen LogP contribution in [0.4, 0.5) is 11.4 Å². The van der Waals surface area contributed by atoms with E-state index in [1.165, 1.54) is 24.1 Å². The Labute approximate surface area is 219 Å². The van der Waals surface area contributed by atoms with Crippen LogP contribution in [0.25, 0.3) is 6.08 Å². The lowest BCUT2D eigenvalue weighted by Gasteiger charge is -2.11. The maximum absolute atomic E-state index is 13.0. The van der Waals surface area contributed by atoms with Crippen molar-refractivity contribution in [1.82, 2.24) is 5.32 Å². The van der Waals surface area contributed by atoms with E-state index in [0.29, 0.717) is 17.0 Å². The third kappa shape index (κ3) is 7.46. The standard InChI is InChI=1S/C29H25N3O4S/c1-20-8-5-6-12-25(20)31-27(33)19-37-24-15-13-22(14-16-24)30-29(35)26(18-23-11-7-17-36-23)32-28(34)21-9-3-2-4-10-21/h2-18H,19H2,1H3,(H,30,35)(H,31,33)(H,32,34)/b26-18-. The Kier molecular flexibility index (Phi) is 8.57. The second-order valence-corrected chi connectivity index (χ2v) is 9.07. The van der Waals surface area contributed by atoms with Gasteiger partial charge in [0, 0.05) is 27.9 Å². The largest absolute Gasteiger partial charge is 0.465 e. The van der Waals surface area contributed by atoms with E-state index in [9.17, 15) is 14.4 Å². The number of amides is 3. The zero-order chi connectivity index (χ0) is 26.0. The molecule has 37 heavy (non-hydrogen) atoms. The molecule has 7 nitrogen and oxygen atoms in total. The summed E-state index contributed by atoms with van der Waals surface area (Å²) in [5, 5.41) is 8.36. The zero-order valence-electron chi connectivity index (χ0n) is 20.1. The highest BCUT2D eigenvalue weighted by atomic mass is 32.2. The monoisotopic (exact) mass is 511 g/mol. The van der Waals surface area contributed by atoms with Crippen LogP contribution in [0.3, 0.4) is 0 Å². The summed E-state index contributed by atoms with van der Waals surface area (Å²) in [6.07, 6.45) is 2.95. The molecule has 4 aromatic rings. The minimum atomic E-state index is -0.501. The van der Waals surface area contributed by atoms with Gasteiger partial charge in [-0.2, -0.15) is 0 Å². The van der Waals surface area contributed by atoms with E-state index in [4.69, 9.17) is 4.42 Å². The molecule has 0 aliphatic carbocycles. The fraction of sp³-hybridized carbons (Fsp3) is 0.0690. The van der Waals surface area contributed by atoms with Gasteiger partial charge < -0.3 is 20.4 Å². The van der Waals surface area contributed by atoms with Crippen LogP contribution in [-0.4, -0.2) is 23.5 Å². The van der Waals surface area contributed by atoms with Gasteiger partial charge in [0.1, 0.15) is 11.5 Å². The molecule has 0 bridgehead atoms. The highest BCUT2D eigenvalue weighted by Gasteiger charge is 2.16. The summed E-state index contributed by atoms with van der Waals surface area (Å²) >= 11 is 1.39. The van der Waals surface area contributed by atoms with E-state index >= 15 is 0 Å². The molecule has 0 unspecified atom stereocenters. The molecule has 3 N–H and O–H groups in total. The number of hydrogen-bond acceptors (Lipinski definition) is 5. The summed E-state index contributed by atoms with van der Waals surface area (Å²) in [5.74, 6) is -0.336. The van der Waals surface area contributed by atoms with Crippen molar-refractivity contribution >= 4 is 46.9 Å². The van der Waals surface area contributed by atoms with Crippen LogP contribution >= 0.6 is 11.8 Å². The minimum absolute atomic E-state index is 0.0372. The summed E-state index contributed by atoms with van der Waals surface area (Å²) in [6.45, 7) is 1.94. The number of rotatable bonds is 9. The van der Waals surface area contributed by atoms with Gasteiger partial charge in [-0.15, -0.1) is 11.8 Å². The number of furan rings is 1. The average Bonchev–Trinajstić information content (AvgIpc) is 3.43. The van der Waals surface area contributed by atoms with Crippen molar-refractivity contribution in [1.29, 1.82) is 0 Å². The van der Waals surface area contributed by atoms with Crippen LogP contribution in [0.15, 0.2) is 112 Å². The van der Waals surface area contributed by atoms with Gasteiger partial charge in [-0.1, -0.05) is 36.4 Å². The van der Waals surface area contributed by atoms with Crippen molar-refractivity contribution in [2.45, 2.75) is 11.8 Å². The Morgan fingerprint density at radius 1 is 0.838 bits per heavy atom. The van der Waals surface area contributed by atoms with Crippen LogP contribution in [0.1, 0.15) is 21.7 Å². The predicted molar refractivity (Wildman–Crippen MR) is 146 cm³/mol. The van der Waals surface area contributed by atoms with E-state index in [1.54, 1.807) is 48.5 Å². The number of carbonyl (C=O) groups is 3. The van der Waals surface area contributed by atoms with Gasteiger partial charge in [0.05, 0.1) is 12.0 Å². The van der Waals surface area contributed by atoms with Crippen LogP contribution < -0.4 is 16.0 Å². The number of aryl methyl sites for hydroxylation is 1. The number of anilines is 2. The summed E-state index contributed by atoms with van der Waals surface area (Å²) in [4.78, 5) is 38.8. The van der Waals surface area contributed by atoms with Crippen molar-refractivity contribution in [3.05, 3.63) is 120 Å². The molecular weight excluding hydrogens is 486 g/mol. The van der Waals surface area contributed by atoms with E-state index in [0.717, 1.165) is 16.1 Å². The lowest BCUT2D eigenvalue weighted by molar-refractivity contribution is -0.114. The van der Waals surface area contributed by atoms with Crippen molar-refractivity contribution in [3.63, 3.8) is 0 Å². The lowest BCUT2D eigenvalue weighted by atomic mass is 10.2. The van der Waals surface area contributed by atoms with Gasteiger partial charge in [-0.05, 0) is 67.1 Å². The first-order valence-electron chi connectivity index (χ1n) is 11.5. The van der Waals surface area contributed by atoms with Gasteiger partial charge >= 0.3 is 0 Å². The number of hydrogen-bond donors (Lipinski definition) is 3. The Balaban J connectivity index is 1.37. The van der Waals surface area contributed by atoms with Gasteiger partial charge in [0.2, 0.25) is 5.91 Å².